The van der Waals surface area contributed by atoms with E-state index in [1.54, 1.807) is 11.7 Å². The zero-order chi connectivity index (χ0) is 14.8. The molecule has 0 bridgehead atoms. The van der Waals surface area contributed by atoms with E-state index in [0.29, 0.717) is 5.95 Å². The molecular formula is C15H20N4O2. The van der Waals surface area contributed by atoms with E-state index in [9.17, 15) is 4.79 Å². The number of aromatic nitrogens is 2. The molecule has 0 aliphatic carbocycles. The van der Waals surface area contributed by atoms with Crippen molar-refractivity contribution in [2.75, 3.05) is 25.9 Å². The molecule has 112 valence electrons. The van der Waals surface area contributed by atoms with Crippen LogP contribution in [0.15, 0.2) is 18.2 Å². The number of fused-ring (bicyclic) bond motifs is 1. The minimum absolute atomic E-state index is 0.108. The molecule has 1 aliphatic rings. The number of likely N-dealkylation sites (tertiary alicyclic amines) is 1. The van der Waals surface area contributed by atoms with E-state index in [1.807, 2.05) is 23.1 Å². The Labute approximate surface area is 123 Å². The lowest BCUT2D eigenvalue weighted by Gasteiger charge is -2.27. The van der Waals surface area contributed by atoms with Crippen LogP contribution in [0.5, 0.6) is 5.75 Å². The molecule has 6 nitrogen and oxygen atoms in total. The molecule has 3 rings (SSSR count). The molecule has 21 heavy (non-hydrogen) atoms. The molecule has 1 aromatic heterocycles. The first-order valence-corrected chi connectivity index (χ1v) is 7.26. The summed E-state index contributed by atoms with van der Waals surface area (Å²) in [5, 5.41) is 0. The van der Waals surface area contributed by atoms with Crippen molar-refractivity contribution in [1.29, 1.82) is 0 Å². The summed E-state index contributed by atoms with van der Waals surface area (Å²) in [5.41, 5.74) is 7.57. The smallest absolute Gasteiger partial charge is 0.242 e. The van der Waals surface area contributed by atoms with Gasteiger partial charge in [0.2, 0.25) is 11.9 Å². The first kappa shape index (κ1) is 13.7. The van der Waals surface area contributed by atoms with Gasteiger partial charge in [0, 0.05) is 19.2 Å². The topological polar surface area (TPSA) is 73.4 Å². The van der Waals surface area contributed by atoms with Crippen molar-refractivity contribution in [3.63, 3.8) is 0 Å². The maximum Gasteiger partial charge on any atom is 0.242 e. The third-order valence-electron chi connectivity index (χ3n) is 3.99. The number of carbonyl (C=O) groups excluding carboxylic acids is 1. The Morgan fingerprint density at radius 3 is 2.81 bits per heavy atom. The summed E-state index contributed by atoms with van der Waals surface area (Å²) in [5.74, 6) is 1.20. The fourth-order valence-electron chi connectivity index (χ4n) is 2.80. The average Bonchev–Trinajstić information content (AvgIpc) is 2.83. The fraction of sp³-hybridized carbons (Fsp3) is 0.467. The van der Waals surface area contributed by atoms with E-state index in [-0.39, 0.29) is 12.5 Å². The first-order valence-electron chi connectivity index (χ1n) is 7.26. The van der Waals surface area contributed by atoms with Gasteiger partial charge in [0.05, 0.1) is 18.1 Å². The molecule has 0 unspecified atom stereocenters. The van der Waals surface area contributed by atoms with Gasteiger partial charge in [0.15, 0.2) is 0 Å². The number of hydrogen-bond donors (Lipinski definition) is 1. The van der Waals surface area contributed by atoms with Crippen LogP contribution in [0, 0.1) is 0 Å². The number of amides is 1. The van der Waals surface area contributed by atoms with Gasteiger partial charge in [0.1, 0.15) is 12.3 Å². The lowest BCUT2D eigenvalue weighted by atomic mass is 10.1. The minimum Gasteiger partial charge on any atom is -0.497 e. The maximum atomic E-state index is 12.4. The van der Waals surface area contributed by atoms with E-state index < -0.39 is 0 Å². The average molecular weight is 288 g/mol. The van der Waals surface area contributed by atoms with Gasteiger partial charge in [-0.1, -0.05) is 0 Å². The van der Waals surface area contributed by atoms with Crippen molar-refractivity contribution in [1.82, 2.24) is 14.5 Å². The summed E-state index contributed by atoms with van der Waals surface area (Å²) >= 11 is 0. The van der Waals surface area contributed by atoms with E-state index in [1.165, 1.54) is 6.42 Å². The van der Waals surface area contributed by atoms with Crippen LogP contribution in [0.4, 0.5) is 5.95 Å². The molecule has 1 saturated heterocycles. The highest BCUT2D eigenvalue weighted by molar-refractivity contribution is 5.83. The molecule has 0 saturated carbocycles. The molecule has 1 amide bonds. The highest BCUT2D eigenvalue weighted by Crippen LogP contribution is 2.23. The normalized spacial score (nSPS) is 15.4. The molecule has 1 aromatic carbocycles. The number of benzene rings is 1. The zero-order valence-corrected chi connectivity index (χ0v) is 12.2. The fourth-order valence-corrected chi connectivity index (χ4v) is 2.80. The minimum atomic E-state index is 0.108. The van der Waals surface area contributed by atoms with Crippen LogP contribution in [0.2, 0.25) is 0 Å². The number of carbonyl (C=O) groups is 1. The quantitative estimate of drug-likeness (QED) is 0.931. The van der Waals surface area contributed by atoms with Crippen LogP contribution in [0.3, 0.4) is 0 Å². The van der Waals surface area contributed by atoms with Gasteiger partial charge in [-0.2, -0.15) is 0 Å². The van der Waals surface area contributed by atoms with E-state index >= 15 is 0 Å². The molecule has 2 heterocycles. The van der Waals surface area contributed by atoms with Crippen LogP contribution >= 0.6 is 0 Å². The SMILES string of the molecule is COc1ccc2c(c1)nc(N)n2CC(=O)N1CCCCC1. The summed E-state index contributed by atoms with van der Waals surface area (Å²) in [6.07, 6.45) is 3.38. The Hall–Kier alpha value is -2.24. The number of rotatable bonds is 3. The zero-order valence-electron chi connectivity index (χ0n) is 12.2. The largest absolute Gasteiger partial charge is 0.497 e. The van der Waals surface area contributed by atoms with Gasteiger partial charge in [-0.25, -0.2) is 4.98 Å². The molecule has 1 fully saturated rings. The highest BCUT2D eigenvalue weighted by Gasteiger charge is 2.19. The van der Waals surface area contributed by atoms with E-state index in [2.05, 4.69) is 4.98 Å². The van der Waals surface area contributed by atoms with Crippen molar-refractivity contribution in [3.8, 4) is 5.75 Å². The Balaban J connectivity index is 1.86. The third kappa shape index (κ3) is 2.66. The number of imidazole rings is 1. The molecule has 0 spiro atoms. The number of methoxy groups -OCH3 is 1. The first-order chi connectivity index (χ1) is 10.2. The molecule has 2 aromatic rings. The Kier molecular flexibility index (Phi) is 3.68. The molecule has 6 heteroatoms. The Morgan fingerprint density at radius 2 is 2.10 bits per heavy atom. The van der Waals surface area contributed by atoms with Crippen molar-refractivity contribution in [2.24, 2.45) is 0 Å². The molecule has 1 aliphatic heterocycles. The van der Waals surface area contributed by atoms with Crippen LogP contribution in [0.25, 0.3) is 11.0 Å². The summed E-state index contributed by atoms with van der Waals surface area (Å²) in [6, 6.07) is 5.57. The van der Waals surface area contributed by atoms with Crippen molar-refractivity contribution < 1.29 is 9.53 Å². The van der Waals surface area contributed by atoms with Gasteiger partial charge < -0.3 is 19.9 Å². The number of piperidine rings is 1. The number of nitrogens with two attached hydrogens (primary N) is 1. The number of ether oxygens (including phenoxy) is 1. The van der Waals surface area contributed by atoms with Crippen LogP contribution in [-0.4, -0.2) is 40.6 Å². The maximum absolute atomic E-state index is 12.4. The van der Waals surface area contributed by atoms with Gasteiger partial charge in [-0.15, -0.1) is 0 Å². The summed E-state index contributed by atoms with van der Waals surface area (Å²) in [7, 11) is 1.61. The Bertz CT molecular complexity index is 659. The third-order valence-corrected chi connectivity index (χ3v) is 3.99. The predicted molar refractivity (Wildman–Crippen MR) is 81.1 cm³/mol. The van der Waals surface area contributed by atoms with Gasteiger partial charge in [-0.3, -0.25) is 4.79 Å². The molecule has 2 N–H and O–H groups in total. The Morgan fingerprint density at radius 1 is 1.33 bits per heavy atom. The number of hydrogen-bond acceptors (Lipinski definition) is 4. The second kappa shape index (κ2) is 5.63. The second-order valence-corrected chi connectivity index (χ2v) is 5.35. The van der Waals surface area contributed by atoms with Crippen molar-refractivity contribution >= 4 is 22.9 Å². The lowest BCUT2D eigenvalue weighted by Crippen LogP contribution is -2.37. The summed E-state index contributed by atoms with van der Waals surface area (Å²) in [6.45, 7) is 1.94. The summed E-state index contributed by atoms with van der Waals surface area (Å²) < 4.78 is 6.95. The molecule has 0 radical (unpaired) electrons. The van der Waals surface area contributed by atoms with Gasteiger partial charge >= 0.3 is 0 Å². The molecular weight excluding hydrogens is 268 g/mol. The number of anilines is 1. The number of nitrogens with zero attached hydrogens (tertiary/aromatic N) is 3. The van der Waals surface area contributed by atoms with Crippen molar-refractivity contribution in [3.05, 3.63) is 18.2 Å². The van der Waals surface area contributed by atoms with E-state index in [0.717, 1.165) is 42.7 Å². The molecule has 0 atom stereocenters. The van der Waals surface area contributed by atoms with E-state index in [4.69, 9.17) is 10.5 Å². The summed E-state index contributed by atoms with van der Waals surface area (Å²) in [4.78, 5) is 18.6. The lowest BCUT2D eigenvalue weighted by molar-refractivity contribution is -0.132. The van der Waals surface area contributed by atoms with Gasteiger partial charge in [-0.05, 0) is 31.4 Å². The van der Waals surface area contributed by atoms with Crippen LogP contribution in [0.1, 0.15) is 19.3 Å². The van der Waals surface area contributed by atoms with Crippen molar-refractivity contribution in [2.45, 2.75) is 25.8 Å². The van der Waals surface area contributed by atoms with Crippen LogP contribution < -0.4 is 10.5 Å². The second-order valence-electron chi connectivity index (χ2n) is 5.35. The van der Waals surface area contributed by atoms with Crippen LogP contribution in [-0.2, 0) is 11.3 Å². The predicted octanol–water partition coefficient (Wildman–Crippen LogP) is 1.64. The highest BCUT2D eigenvalue weighted by atomic mass is 16.5. The standard InChI is InChI=1S/C15H20N4O2/c1-21-11-5-6-13-12(9-11)17-15(16)19(13)10-14(20)18-7-3-2-4-8-18/h5-6,9H,2-4,7-8,10H2,1H3,(H2,16,17). The number of nitrogen functional groups attached to an aromatic ring is 1. The van der Waals surface area contributed by atoms with Gasteiger partial charge in [0.25, 0.3) is 0 Å². The monoisotopic (exact) mass is 288 g/mol.